The van der Waals surface area contributed by atoms with Crippen molar-refractivity contribution in [3.8, 4) is 5.88 Å². The maximum atomic E-state index is 5.86. The molecule has 0 bridgehead atoms. The van der Waals surface area contributed by atoms with E-state index in [0.29, 0.717) is 5.92 Å². The number of piperidine rings is 2. The van der Waals surface area contributed by atoms with Gasteiger partial charge in [-0.05, 0) is 44.8 Å². The van der Waals surface area contributed by atoms with Crippen molar-refractivity contribution in [3.63, 3.8) is 0 Å². The van der Waals surface area contributed by atoms with E-state index in [2.05, 4.69) is 9.88 Å². The van der Waals surface area contributed by atoms with Gasteiger partial charge in [-0.3, -0.25) is 4.90 Å². The number of aromatic nitrogens is 1. The van der Waals surface area contributed by atoms with Crippen LogP contribution < -0.4 is 4.74 Å². The smallest absolute Gasteiger partial charge is 0.213 e. The third kappa shape index (κ3) is 2.66. The molecular formula is C15H22N2O. The summed E-state index contributed by atoms with van der Waals surface area (Å²) in [6.07, 6.45) is 8.56. The van der Waals surface area contributed by atoms with Gasteiger partial charge in [0, 0.05) is 24.2 Å². The van der Waals surface area contributed by atoms with Crippen molar-refractivity contribution >= 4 is 0 Å². The summed E-state index contributed by atoms with van der Waals surface area (Å²) in [6.45, 7) is 3.42. The Labute approximate surface area is 109 Å². The molecule has 18 heavy (non-hydrogen) atoms. The van der Waals surface area contributed by atoms with Gasteiger partial charge in [0.25, 0.3) is 0 Å². The van der Waals surface area contributed by atoms with Gasteiger partial charge in [0.15, 0.2) is 0 Å². The molecule has 0 unspecified atom stereocenters. The molecular weight excluding hydrogens is 224 g/mol. The SMILES string of the molecule is c1ccc(OC[C@H]2CCCN3CCCC[C@@H]23)nc1. The molecule has 0 radical (unpaired) electrons. The lowest BCUT2D eigenvalue weighted by Gasteiger charge is -2.44. The van der Waals surface area contributed by atoms with Gasteiger partial charge in [0.05, 0.1) is 6.61 Å². The van der Waals surface area contributed by atoms with Crippen LogP contribution in [0.2, 0.25) is 0 Å². The Morgan fingerprint density at radius 2 is 2.11 bits per heavy atom. The first-order valence-electron chi connectivity index (χ1n) is 7.21. The van der Waals surface area contributed by atoms with E-state index < -0.39 is 0 Å². The zero-order valence-corrected chi connectivity index (χ0v) is 10.9. The number of nitrogens with zero attached hydrogens (tertiary/aromatic N) is 2. The molecule has 3 rings (SSSR count). The molecule has 0 aliphatic carbocycles. The van der Waals surface area contributed by atoms with Crippen LogP contribution in [0.3, 0.4) is 0 Å². The first-order chi connectivity index (χ1) is 8.93. The number of fused-ring (bicyclic) bond motifs is 1. The summed E-state index contributed by atoms with van der Waals surface area (Å²) in [7, 11) is 0. The molecule has 3 nitrogen and oxygen atoms in total. The Morgan fingerprint density at radius 1 is 1.17 bits per heavy atom. The molecule has 1 aromatic heterocycles. The average Bonchev–Trinajstić information content (AvgIpc) is 2.46. The highest BCUT2D eigenvalue weighted by atomic mass is 16.5. The lowest BCUT2D eigenvalue weighted by atomic mass is 9.84. The molecule has 0 spiro atoms. The number of ether oxygens (including phenoxy) is 1. The summed E-state index contributed by atoms with van der Waals surface area (Å²) in [5.74, 6) is 1.46. The summed E-state index contributed by atoms with van der Waals surface area (Å²) < 4.78 is 5.86. The lowest BCUT2D eigenvalue weighted by Crippen LogP contribution is -2.49. The van der Waals surface area contributed by atoms with Crippen molar-refractivity contribution in [2.45, 2.75) is 38.1 Å². The Hall–Kier alpha value is -1.09. The van der Waals surface area contributed by atoms with Crippen LogP contribution >= 0.6 is 0 Å². The second-order valence-corrected chi connectivity index (χ2v) is 5.48. The molecule has 3 heteroatoms. The van der Waals surface area contributed by atoms with E-state index >= 15 is 0 Å². The monoisotopic (exact) mass is 246 g/mol. The molecule has 2 aliphatic heterocycles. The molecule has 0 aromatic carbocycles. The van der Waals surface area contributed by atoms with E-state index in [-0.39, 0.29) is 0 Å². The van der Waals surface area contributed by atoms with E-state index in [9.17, 15) is 0 Å². The summed E-state index contributed by atoms with van der Waals surface area (Å²) in [4.78, 5) is 6.91. The Balaban J connectivity index is 1.58. The zero-order chi connectivity index (χ0) is 12.2. The van der Waals surface area contributed by atoms with Gasteiger partial charge in [-0.2, -0.15) is 0 Å². The Bertz CT molecular complexity index is 366. The maximum absolute atomic E-state index is 5.86. The van der Waals surface area contributed by atoms with Crippen molar-refractivity contribution in [1.82, 2.24) is 9.88 Å². The van der Waals surface area contributed by atoms with Gasteiger partial charge < -0.3 is 4.74 Å². The molecule has 1 aromatic rings. The van der Waals surface area contributed by atoms with Gasteiger partial charge >= 0.3 is 0 Å². The Morgan fingerprint density at radius 3 is 3.00 bits per heavy atom. The first-order valence-corrected chi connectivity index (χ1v) is 7.21. The minimum atomic E-state index is 0.695. The fraction of sp³-hybridized carbons (Fsp3) is 0.667. The van der Waals surface area contributed by atoms with Crippen LogP contribution in [-0.2, 0) is 0 Å². The van der Waals surface area contributed by atoms with E-state index in [1.807, 2.05) is 18.2 Å². The van der Waals surface area contributed by atoms with Gasteiger partial charge in [-0.15, -0.1) is 0 Å². The van der Waals surface area contributed by atoms with Gasteiger partial charge in [0.2, 0.25) is 5.88 Å². The minimum Gasteiger partial charge on any atom is -0.477 e. The fourth-order valence-electron chi connectivity index (χ4n) is 3.40. The van der Waals surface area contributed by atoms with Crippen LogP contribution in [0.25, 0.3) is 0 Å². The second-order valence-electron chi connectivity index (χ2n) is 5.48. The van der Waals surface area contributed by atoms with Crippen LogP contribution in [0.5, 0.6) is 5.88 Å². The van der Waals surface area contributed by atoms with Crippen LogP contribution in [0.15, 0.2) is 24.4 Å². The van der Waals surface area contributed by atoms with Crippen molar-refractivity contribution in [1.29, 1.82) is 0 Å². The average molecular weight is 246 g/mol. The van der Waals surface area contributed by atoms with Crippen LogP contribution in [0.1, 0.15) is 32.1 Å². The predicted molar refractivity (Wildman–Crippen MR) is 71.7 cm³/mol. The summed E-state index contributed by atoms with van der Waals surface area (Å²) >= 11 is 0. The number of hydrogen-bond donors (Lipinski definition) is 0. The highest BCUT2D eigenvalue weighted by molar-refractivity contribution is 5.09. The van der Waals surface area contributed by atoms with Crippen molar-refractivity contribution in [2.24, 2.45) is 5.92 Å². The number of pyridine rings is 1. The van der Waals surface area contributed by atoms with Gasteiger partial charge in [0.1, 0.15) is 0 Å². The summed E-state index contributed by atoms with van der Waals surface area (Å²) in [6, 6.07) is 6.62. The zero-order valence-electron chi connectivity index (χ0n) is 10.9. The second kappa shape index (κ2) is 5.70. The maximum Gasteiger partial charge on any atom is 0.213 e. The highest BCUT2D eigenvalue weighted by Gasteiger charge is 2.33. The van der Waals surface area contributed by atoms with Crippen LogP contribution in [-0.4, -0.2) is 35.6 Å². The third-order valence-corrected chi connectivity index (χ3v) is 4.31. The normalized spacial score (nSPS) is 28.7. The molecule has 2 aliphatic rings. The van der Waals surface area contributed by atoms with Crippen LogP contribution in [0, 0.1) is 5.92 Å². The molecule has 2 atom stereocenters. The molecule has 0 saturated carbocycles. The van der Waals surface area contributed by atoms with E-state index in [1.165, 1.54) is 45.2 Å². The lowest BCUT2D eigenvalue weighted by molar-refractivity contribution is 0.0357. The highest BCUT2D eigenvalue weighted by Crippen LogP contribution is 2.31. The van der Waals surface area contributed by atoms with E-state index in [4.69, 9.17) is 4.74 Å². The summed E-state index contributed by atoms with van der Waals surface area (Å²) in [5.41, 5.74) is 0. The van der Waals surface area contributed by atoms with Crippen molar-refractivity contribution in [2.75, 3.05) is 19.7 Å². The largest absolute Gasteiger partial charge is 0.477 e. The predicted octanol–water partition coefficient (Wildman–Crippen LogP) is 2.72. The molecule has 0 amide bonds. The number of rotatable bonds is 3. The van der Waals surface area contributed by atoms with Crippen molar-refractivity contribution in [3.05, 3.63) is 24.4 Å². The molecule has 2 fully saturated rings. The van der Waals surface area contributed by atoms with Crippen LogP contribution in [0.4, 0.5) is 0 Å². The fourth-order valence-corrected chi connectivity index (χ4v) is 3.40. The van der Waals surface area contributed by atoms with E-state index in [0.717, 1.165) is 18.5 Å². The summed E-state index contributed by atoms with van der Waals surface area (Å²) in [5, 5.41) is 0. The van der Waals surface area contributed by atoms with E-state index in [1.54, 1.807) is 6.20 Å². The quantitative estimate of drug-likeness (QED) is 0.820. The topological polar surface area (TPSA) is 25.4 Å². The third-order valence-electron chi connectivity index (χ3n) is 4.31. The van der Waals surface area contributed by atoms with Crippen molar-refractivity contribution < 1.29 is 4.74 Å². The van der Waals surface area contributed by atoms with Gasteiger partial charge in [-0.1, -0.05) is 12.5 Å². The standard InChI is InChI=1S/C15H22N2O/c1-3-9-16-15(8-1)18-12-13-6-5-11-17-10-4-2-7-14(13)17/h1,3,8-9,13-14H,2,4-7,10-12H2/t13-,14+/m1/s1. The number of hydrogen-bond acceptors (Lipinski definition) is 3. The molecule has 0 N–H and O–H groups in total. The molecule has 2 saturated heterocycles. The molecule has 3 heterocycles. The molecule has 98 valence electrons. The minimum absolute atomic E-state index is 0.695. The Kier molecular flexibility index (Phi) is 3.79. The first kappa shape index (κ1) is 12.0. The van der Waals surface area contributed by atoms with Gasteiger partial charge in [-0.25, -0.2) is 4.98 Å².